The van der Waals surface area contributed by atoms with Gasteiger partial charge in [-0.3, -0.25) is 4.90 Å². The topological polar surface area (TPSA) is 50.4 Å². The fraction of sp³-hybridized carbons (Fsp3) is 0.684. The number of hydrogen-bond acceptors (Lipinski definition) is 4. The summed E-state index contributed by atoms with van der Waals surface area (Å²) in [4.78, 5) is 6.04. The lowest BCUT2D eigenvalue weighted by Crippen LogP contribution is -2.37. The zero-order valence-corrected chi connectivity index (χ0v) is 15.9. The first-order chi connectivity index (χ1) is 11.6. The average molecular weight is 347 g/mol. The Labute approximate surface area is 149 Å². The molecule has 0 amide bonds. The van der Waals surface area contributed by atoms with Gasteiger partial charge >= 0.3 is 0 Å². The van der Waals surface area contributed by atoms with Crippen molar-refractivity contribution < 1.29 is 9.72 Å². The van der Waals surface area contributed by atoms with Gasteiger partial charge in [-0.2, -0.15) is 5.26 Å². The zero-order chi connectivity index (χ0) is 17.2. The van der Waals surface area contributed by atoms with Gasteiger partial charge in [-0.1, -0.05) is 25.1 Å². The second-order valence-electron chi connectivity index (χ2n) is 7.37. The number of anilines is 1. The number of thioether (sulfide) groups is 1. The number of fused-ring (bicyclic) bond motifs is 1. The summed E-state index contributed by atoms with van der Waals surface area (Å²) in [5.41, 5.74) is 3.04. The second kappa shape index (κ2) is 7.33. The van der Waals surface area contributed by atoms with Crippen LogP contribution >= 0.6 is 11.8 Å². The van der Waals surface area contributed by atoms with Crippen LogP contribution in [0, 0.1) is 11.3 Å². The second-order valence-corrected chi connectivity index (χ2v) is 8.47. The monoisotopic (exact) mass is 346 g/mol. The van der Waals surface area contributed by atoms with E-state index in [4.69, 9.17) is 4.74 Å². The number of nitrogens with one attached hydrogen (secondary N) is 1. The molecule has 0 unspecified atom stereocenters. The zero-order valence-electron chi connectivity index (χ0n) is 15.1. The summed E-state index contributed by atoms with van der Waals surface area (Å²) < 4.78 is 6.07. The van der Waals surface area contributed by atoms with E-state index in [1.165, 1.54) is 42.6 Å². The summed E-state index contributed by atoms with van der Waals surface area (Å²) in [7, 11) is 0. The van der Waals surface area contributed by atoms with Gasteiger partial charge in [0.05, 0.1) is 30.9 Å². The fourth-order valence-corrected chi connectivity index (χ4v) is 4.65. The van der Waals surface area contributed by atoms with Gasteiger partial charge in [0.2, 0.25) is 0 Å². The number of aromatic amines is 1. The van der Waals surface area contributed by atoms with Gasteiger partial charge in [0.25, 0.3) is 5.82 Å². The Kier molecular flexibility index (Phi) is 5.36. The Balaban J connectivity index is 2.06. The lowest BCUT2D eigenvalue weighted by molar-refractivity contribution is -0.414. The SMILES string of the molecule is CCCCSc1[nH+]c(N2CCCC2)c2c(c1C#N)CC(C)(C)OC2. The molecular weight excluding hydrogens is 318 g/mol. The van der Waals surface area contributed by atoms with Crippen molar-refractivity contribution >= 4 is 17.6 Å². The van der Waals surface area contributed by atoms with E-state index in [2.05, 4.69) is 36.7 Å². The van der Waals surface area contributed by atoms with Gasteiger partial charge in [0.15, 0.2) is 5.03 Å². The molecule has 0 atom stereocenters. The number of aromatic nitrogens is 1. The van der Waals surface area contributed by atoms with Crippen LogP contribution in [0.3, 0.4) is 0 Å². The van der Waals surface area contributed by atoms with Crippen molar-refractivity contribution in [3.05, 3.63) is 16.7 Å². The van der Waals surface area contributed by atoms with Gasteiger partial charge in [-0.05, 0) is 38.7 Å². The van der Waals surface area contributed by atoms with E-state index >= 15 is 0 Å². The van der Waals surface area contributed by atoms with Gasteiger partial charge in [-0.25, -0.2) is 4.98 Å². The molecule has 130 valence electrons. The van der Waals surface area contributed by atoms with Crippen molar-refractivity contribution in [1.82, 2.24) is 0 Å². The van der Waals surface area contributed by atoms with Crippen LogP contribution in [-0.4, -0.2) is 24.4 Å². The molecule has 0 aromatic carbocycles. The number of unbranched alkanes of at least 4 members (excludes halogenated alkanes) is 1. The lowest BCUT2D eigenvalue weighted by atomic mass is 9.89. The molecule has 0 spiro atoms. The third-order valence-corrected chi connectivity index (χ3v) is 5.99. The van der Waals surface area contributed by atoms with Crippen LogP contribution in [-0.2, 0) is 17.8 Å². The van der Waals surface area contributed by atoms with Crippen LogP contribution in [0.4, 0.5) is 5.82 Å². The predicted molar refractivity (Wildman–Crippen MR) is 97.4 cm³/mol. The first kappa shape index (κ1) is 17.6. The van der Waals surface area contributed by atoms with Gasteiger partial charge in [-0.15, -0.1) is 0 Å². The smallest absolute Gasteiger partial charge is 0.281 e. The molecule has 1 fully saturated rings. The van der Waals surface area contributed by atoms with Gasteiger partial charge < -0.3 is 4.74 Å². The largest absolute Gasteiger partial charge is 0.370 e. The first-order valence-electron chi connectivity index (χ1n) is 9.08. The van der Waals surface area contributed by atoms with Crippen molar-refractivity contribution in [1.29, 1.82) is 5.26 Å². The summed E-state index contributed by atoms with van der Waals surface area (Å²) >= 11 is 1.80. The van der Waals surface area contributed by atoms with Crippen LogP contribution in [0.1, 0.15) is 63.1 Å². The summed E-state index contributed by atoms with van der Waals surface area (Å²) in [6.07, 6.45) is 5.65. The normalized spacial score (nSPS) is 19.2. The highest BCUT2D eigenvalue weighted by Gasteiger charge is 2.36. The van der Waals surface area contributed by atoms with E-state index in [1.54, 1.807) is 11.8 Å². The molecule has 2 aliphatic rings. The Morgan fingerprint density at radius 1 is 1.29 bits per heavy atom. The van der Waals surface area contributed by atoms with Crippen LogP contribution in [0.15, 0.2) is 5.03 Å². The van der Waals surface area contributed by atoms with Gasteiger partial charge in [0.1, 0.15) is 11.6 Å². The number of hydrogen-bond donors (Lipinski definition) is 0. The Morgan fingerprint density at radius 3 is 2.71 bits per heavy atom. The summed E-state index contributed by atoms with van der Waals surface area (Å²) in [5.74, 6) is 2.25. The minimum atomic E-state index is -0.201. The highest BCUT2D eigenvalue weighted by atomic mass is 32.2. The number of nitriles is 1. The maximum atomic E-state index is 9.82. The van der Waals surface area contributed by atoms with Crippen molar-refractivity contribution in [2.75, 3.05) is 23.7 Å². The molecular formula is C19H28N3OS+. The van der Waals surface area contributed by atoms with E-state index in [0.717, 1.165) is 35.9 Å². The fourth-order valence-electron chi connectivity index (χ4n) is 3.53. The number of nitrogens with zero attached hydrogens (tertiary/aromatic N) is 2. The standard InChI is InChI=1S/C19H27N3OS/c1-4-5-10-24-18-15(12-20)14-11-19(2,3)23-13-16(14)17(21-18)22-8-6-7-9-22/h4-11,13H2,1-3H3/p+1. The molecule has 4 nitrogen and oxygen atoms in total. The summed E-state index contributed by atoms with van der Waals surface area (Å²) in [6, 6.07) is 2.48. The minimum absolute atomic E-state index is 0.201. The molecule has 24 heavy (non-hydrogen) atoms. The highest BCUT2D eigenvalue weighted by Crippen LogP contribution is 2.37. The van der Waals surface area contributed by atoms with Crippen molar-refractivity contribution in [2.24, 2.45) is 0 Å². The predicted octanol–water partition coefficient (Wildman–Crippen LogP) is 3.72. The molecule has 2 aliphatic heterocycles. The Bertz CT molecular complexity index is 645. The average Bonchev–Trinajstić information content (AvgIpc) is 3.07. The molecule has 5 heteroatoms. The molecule has 1 saturated heterocycles. The van der Waals surface area contributed by atoms with Crippen LogP contribution < -0.4 is 9.88 Å². The summed E-state index contributed by atoms with van der Waals surface area (Å²) in [6.45, 7) is 9.23. The van der Waals surface area contributed by atoms with E-state index < -0.39 is 0 Å². The molecule has 0 aliphatic carbocycles. The number of pyridine rings is 1. The maximum absolute atomic E-state index is 9.82. The quantitative estimate of drug-likeness (QED) is 0.602. The van der Waals surface area contributed by atoms with Crippen molar-refractivity contribution in [3.8, 4) is 6.07 Å². The number of H-pyrrole nitrogens is 1. The summed E-state index contributed by atoms with van der Waals surface area (Å²) in [5, 5.41) is 10.9. The van der Waals surface area contributed by atoms with Crippen molar-refractivity contribution in [2.45, 2.75) is 70.1 Å². The molecule has 0 saturated carbocycles. The Hall–Kier alpha value is -1.25. The van der Waals surface area contributed by atoms with E-state index in [-0.39, 0.29) is 5.60 Å². The van der Waals surface area contributed by atoms with E-state index in [0.29, 0.717) is 6.61 Å². The van der Waals surface area contributed by atoms with Crippen LogP contribution in [0.25, 0.3) is 0 Å². The molecule has 1 N–H and O–H groups in total. The first-order valence-corrected chi connectivity index (χ1v) is 10.1. The van der Waals surface area contributed by atoms with Crippen LogP contribution in [0.5, 0.6) is 0 Å². The number of rotatable bonds is 5. The maximum Gasteiger partial charge on any atom is 0.281 e. The highest BCUT2D eigenvalue weighted by molar-refractivity contribution is 7.99. The molecule has 1 aromatic heterocycles. The molecule has 3 heterocycles. The molecule has 0 radical (unpaired) electrons. The van der Waals surface area contributed by atoms with Crippen molar-refractivity contribution in [3.63, 3.8) is 0 Å². The Morgan fingerprint density at radius 2 is 2.04 bits per heavy atom. The minimum Gasteiger partial charge on any atom is -0.370 e. The molecule has 1 aromatic rings. The third-order valence-electron chi connectivity index (χ3n) is 4.90. The van der Waals surface area contributed by atoms with Crippen LogP contribution in [0.2, 0.25) is 0 Å². The lowest BCUT2D eigenvalue weighted by Gasteiger charge is -2.33. The third kappa shape index (κ3) is 3.55. The van der Waals surface area contributed by atoms with E-state index in [9.17, 15) is 5.26 Å². The van der Waals surface area contributed by atoms with Gasteiger partial charge in [0, 0.05) is 12.2 Å². The van der Waals surface area contributed by atoms with E-state index in [1.807, 2.05) is 0 Å². The molecule has 3 rings (SSSR count). The number of ether oxygens (including phenoxy) is 1. The molecule has 0 bridgehead atoms.